The Labute approximate surface area is 164 Å². The molecule has 0 aliphatic carbocycles. The molecule has 0 spiro atoms. The SMILES string of the molecule is CCCCCCC(C)NC(=NC)NCc1ccccc1CN1CCCC1=O. The van der Waals surface area contributed by atoms with Crippen LogP contribution in [-0.2, 0) is 17.9 Å². The fourth-order valence-corrected chi connectivity index (χ4v) is 3.52. The number of nitrogens with one attached hydrogen (secondary N) is 2. The van der Waals surface area contributed by atoms with Crippen LogP contribution in [-0.4, -0.2) is 36.4 Å². The van der Waals surface area contributed by atoms with Crippen LogP contribution in [0.5, 0.6) is 0 Å². The summed E-state index contributed by atoms with van der Waals surface area (Å²) < 4.78 is 0. The molecule has 2 rings (SSSR count). The van der Waals surface area contributed by atoms with Gasteiger partial charge >= 0.3 is 0 Å². The van der Waals surface area contributed by atoms with Crippen molar-refractivity contribution in [3.63, 3.8) is 0 Å². The highest BCUT2D eigenvalue weighted by Crippen LogP contribution is 2.17. The van der Waals surface area contributed by atoms with Crippen LogP contribution in [0, 0.1) is 0 Å². The van der Waals surface area contributed by atoms with E-state index in [1.54, 1.807) is 0 Å². The number of rotatable bonds is 10. The van der Waals surface area contributed by atoms with Crippen LogP contribution in [0.4, 0.5) is 0 Å². The second-order valence-electron chi connectivity index (χ2n) is 7.51. The Bertz CT molecular complexity index is 614. The average molecular weight is 373 g/mol. The number of amides is 1. The molecule has 1 unspecified atom stereocenters. The van der Waals surface area contributed by atoms with Gasteiger partial charge in [0.15, 0.2) is 5.96 Å². The highest BCUT2D eigenvalue weighted by atomic mass is 16.2. The number of hydrogen-bond donors (Lipinski definition) is 2. The molecular formula is C22H36N4O. The number of benzene rings is 1. The Morgan fingerprint density at radius 2 is 2.00 bits per heavy atom. The minimum Gasteiger partial charge on any atom is -0.354 e. The fraction of sp³-hybridized carbons (Fsp3) is 0.636. The van der Waals surface area contributed by atoms with Crippen molar-refractivity contribution in [2.75, 3.05) is 13.6 Å². The van der Waals surface area contributed by atoms with E-state index in [-0.39, 0.29) is 5.91 Å². The topological polar surface area (TPSA) is 56.7 Å². The van der Waals surface area contributed by atoms with Gasteiger partial charge in [0.25, 0.3) is 0 Å². The van der Waals surface area contributed by atoms with Crippen LogP contribution in [0.3, 0.4) is 0 Å². The Balaban J connectivity index is 1.84. The third-order valence-electron chi connectivity index (χ3n) is 5.19. The van der Waals surface area contributed by atoms with Crippen LogP contribution in [0.2, 0.25) is 0 Å². The quantitative estimate of drug-likeness (QED) is 0.373. The number of unbranched alkanes of at least 4 members (excludes halogenated alkanes) is 3. The summed E-state index contributed by atoms with van der Waals surface area (Å²) in [5, 5.41) is 6.92. The van der Waals surface area contributed by atoms with Gasteiger partial charge < -0.3 is 15.5 Å². The van der Waals surface area contributed by atoms with E-state index >= 15 is 0 Å². The summed E-state index contributed by atoms with van der Waals surface area (Å²) >= 11 is 0. The number of hydrogen-bond acceptors (Lipinski definition) is 2. The van der Waals surface area contributed by atoms with E-state index in [9.17, 15) is 4.79 Å². The van der Waals surface area contributed by atoms with E-state index in [4.69, 9.17) is 0 Å². The number of aliphatic imine (C=N–C) groups is 1. The van der Waals surface area contributed by atoms with Gasteiger partial charge in [0.05, 0.1) is 0 Å². The Hall–Kier alpha value is -2.04. The maximum absolute atomic E-state index is 11.9. The molecule has 1 amide bonds. The van der Waals surface area contributed by atoms with Gasteiger partial charge in [-0.05, 0) is 30.9 Å². The molecule has 1 fully saturated rings. The number of likely N-dealkylation sites (tertiary alicyclic amines) is 1. The average Bonchev–Trinajstić information content (AvgIpc) is 3.08. The van der Waals surface area contributed by atoms with Gasteiger partial charge in [-0.1, -0.05) is 56.9 Å². The summed E-state index contributed by atoms with van der Waals surface area (Å²) in [7, 11) is 1.81. The molecule has 0 bridgehead atoms. The second kappa shape index (κ2) is 11.6. The van der Waals surface area contributed by atoms with E-state index in [2.05, 4.69) is 47.7 Å². The van der Waals surface area contributed by atoms with Gasteiger partial charge in [0, 0.05) is 39.1 Å². The van der Waals surface area contributed by atoms with Gasteiger partial charge in [-0.25, -0.2) is 0 Å². The van der Waals surface area contributed by atoms with Crippen molar-refractivity contribution < 1.29 is 4.79 Å². The number of carbonyl (C=O) groups excluding carboxylic acids is 1. The summed E-state index contributed by atoms with van der Waals surface area (Å²) in [5.41, 5.74) is 2.43. The first-order valence-electron chi connectivity index (χ1n) is 10.5. The zero-order valence-electron chi connectivity index (χ0n) is 17.3. The molecule has 1 aliphatic heterocycles. The molecule has 5 nitrogen and oxygen atoms in total. The fourth-order valence-electron chi connectivity index (χ4n) is 3.52. The Morgan fingerprint density at radius 1 is 1.22 bits per heavy atom. The Kier molecular flexibility index (Phi) is 9.16. The molecule has 1 saturated heterocycles. The molecule has 1 heterocycles. The molecule has 0 radical (unpaired) electrons. The number of guanidine groups is 1. The summed E-state index contributed by atoms with van der Waals surface area (Å²) in [6, 6.07) is 8.76. The monoisotopic (exact) mass is 372 g/mol. The minimum atomic E-state index is 0.270. The highest BCUT2D eigenvalue weighted by molar-refractivity contribution is 5.80. The predicted molar refractivity (Wildman–Crippen MR) is 113 cm³/mol. The van der Waals surface area contributed by atoms with E-state index < -0.39 is 0 Å². The number of carbonyl (C=O) groups is 1. The molecule has 1 aromatic carbocycles. The van der Waals surface area contributed by atoms with E-state index in [1.165, 1.54) is 36.8 Å². The van der Waals surface area contributed by atoms with Crippen molar-refractivity contribution in [1.29, 1.82) is 0 Å². The predicted octanol–water partition coefficient (Wildman–Crippen LogP) is 3.83. The van der Waals surface area contributed by atoms with Gasteiger partial charge in [-0.3, -0.25) is 9.79 Å². The molecule has 2 N–H and O–H groups in total. The molecule has 150 valence electrons. The molecule has 1 atom stereocenters. The summed E-state index contributed by atoms with van der Waals surface area (Å²) in [4.78, 5) is 18.3. The first-order chi connectivity index (χ1) is 13.1. The van der Waals surface area contributed by atoms with Crippen molar-refractivity contribution >= 4 is 11.9 Å². The lowest BCUT2D eigenvalue weighted by Gasteiger charge is -2.20. The number of nitrogens with zero attached hydrogens (tertiary/aromatic N) is 2. The normalized spacial score (nSPS) is 15.9. The first kappa shape index (κ1) is 21.3. The third-order valence-corrected chi connectivity index (χ3v) is 5.19. The molecule has 5 heteroatoms. The van der Waals surface area contributed by atoms with E-state index in [0.29, 0.717) is 25.6 Å². The van der Waals surface area contributed by atoms with Gasteiger partial charge in [-0.15, -0.1) is 0 Å². The van der Waals surface area contributed by atoms with Crippen LogP contribution in [0.15, 0.2) is 29.3 Å². The van der Waals surface area contributed by atoms with Crippen molar-refractivity contribution in [1.82, 2.24) is 15.5 Å². The minimum absolute atomic E-state index is 0.270. The maximum atomic E-state index is 11.9. The van der Waals surface area contributed by atoms with Crippen LogP contribution >= 0.6 is 0 Å². The van der Waals surface area contributed by atoms with Crippen LogP contribution in [0.1, 0.15) is 69.9 Å². The maximum Gasteiger partial charge on any atom is 0.222 e. The zero-order chi connectivity index (χ0) is 19.5. The molecule has 27 heavy (non-hydrogen) atoms. The summed E-state index contributed by atoms with van der Waals surface area (Å²) in [5.74, 6) is 1.11. The van der Waals surface area contributed by atoms with Crippen molar-refractivity contribution in [2.45, 2.75) is 77.9 Å². The lowest BCUT2D eigenvalue weighted by atomic mass is 10.1. The van der Waals surface area contributed by atoms with Crippen molar-refractivity contribution in [3.8, 4) is 0 Å². The zero-order valence-corrected chi connectivity index (χ0v) is 17.3. The Morgan fingerprint density at radius 3 is 2.67 bits per heavy atom. The van der Waals surface area contributed by atoms with E-state index in [1.807, 2.05) is 18.0 Å². The smallest absolute Gasteiger partial charge is 0.222 e. The lowest BCUT2D eigenvalue weighted by molar-refractivity contribution is -0.128. The lowest BCUT2D eigenvalue weighted by Crippen LogP contribution is -2.42. The summed E-state index contributed by atoms with van der Waals surface area (Å²) in [6.45, 7) is 6.74. The van der Waals surface area contributed by atoms with Crippen LogP contribution < -0.4 is 10.6 Å². The largest absolute Gasteiger partial charge is 0.354 e. The molecule has 0 saturated carbocycles. The first-order valence-corrected chi connectivity index (χ1v) is 10.5. The molecule has 0 aromatic heterocycles. The van der Waals surface area contributed by atoms with Gasteiger partial charge in [-0.2, -0.15) is 0 Å². The van der Waals surface area contributed by atoms with Crippen molar-refractivity contribution in [2.24, 2.45) is 4.99 Å². The van der Waals surface area contributed by atoms with Gasteiger partial charge in [0.1, 0.15) is 0 Å². The molecular weight excluding hydrogens is 336 g/mol. The van der Waals surface area contributed by atoms with Crippen molar-refractivity contribution in [3.05, 3.63) is 35.4 Å². The van der Waals surface area contributed by atoms with E-state index in [0.717, 1.165) is 25.3 Å². The van der Waals surface area contributed by atoms with Gasteiger partial charge in [0.2, 0.25) is 5.91 Å². The standard InChI is InChI=1S/C22H36N4O/c1-4-5-6-7-11-18(2)25-22(23-3)24-16-19-12-8-9-13-20(19)17-26-15-10-14-21(26)27/h8-9,12-13,18H,4-7,10-11,14-17H2,1-3H3,(H2,23,24,25). The molecule has 1 aliphatic rings. The molecule has 1 aromatic rings. The summed E-state index contributed by atoms with van der Waals surface area (Å²) in [6.07, 6.45) is 7.97. The third kappa shape index (κ3) is 7.24. The van der Waals surface area contributed by atoms with Crippen LogP contribution in [0.25, 0.3) is 0 Å². The second-order valence-corrected chi connectivity index (χ2v) is 7.51. The highest BCUT2D eigenvalue weighted by Gasteiger charge is 2.20.